The number of carbonyl (C=O) groups excluding carboxylic acids is 1. The molecule has 0 aromatic rings. The molecule has 0 heterocycles. The van der Waals surface area contributed by atoms with Gasteiger partial charge >= 0.3 is 5.97 Å². The van der Waals surface area contributed by atoms with E-state index in [9.17, 15) is 4.79 Å². The van der Waals surface area contributed by atoms with Gasteiger partial charge in [-0.25, -0.2) is 0 Å². The van der Waals surface area contributed by atoms with Crippen molar-refractivity contribution >= 4 is 5.97 Å². The SMILES string of the molecule is C#CCCCCCCCCC(=O)OC(C)C#C. The minimum atomic E-state index is -0.411. The first-order valence-corrected chi connectivity index (χ1v) is 6.29. The molecule has 1 atom stereocenters. The second-order valence-electron chi connectivity index (χ2n) is 4.12. The molecule has 94 valence electrons. The van der Waals surface area contributed by atoms with E-state index in [0.29, 0.717) is 6.42 Å². The van der Waals surface area contributed by atoms with E-state index in [0.717, 1.165) is 32.1 Å². The number of unbranched alkanes of at least 4 members (excludes halogenated alkanes) is 6. The third-order valence-electron chi connectivity index (χ3n) is 2.49. The zero-order valence-electron chi connectivity index (χ0n) is 10.7. The van der Waals surface area contributed by atoms with Crippen LogP contribution in [0, 0.1) is 24.7 Å². The standard InChI is InChI=1S/C15H22O2/c1-4-6-7-8-9-10-11-12-13-15(16)17-14(3)5-2/h1-2,14H,6-13H2,3H3. The Kier molecular flexibility index (Phi) is 10.2. The maximum absolute atomic E-state index is 11.2. The summed E-state index contributed by atoms with van der Waals surface area (Å²) >= 11 is 0. The van der Waals surface area contributed by atoms with E-state index >= 15 is 0 Å². The van der Waals surface area contributed by atoms with Gasteiger partial charge in [-0.2, -0.15) is 0 Å². The van der Waals surface area contributed by atoms with Gasteiger partial charge in [-0.05, 0) is 19.8 Å². The Morgan fingerprint density at radius 3 is 2.29 bits per heavy atom. The maximum atomic E-state index is 11.2. The highest BCUT2D eigenvalue weighted by atomic mass is 16.5. The monoisotopic (exact) mass is 234 g/mol. The molecular weight excluding hydrogens is 212 g/mol. The molecule has 0 spiro atoms. The van der Waals surface area contributed by atoms with Crippen molar-refractivity contribution < 1.29 is 9.53 Å². The number of carbonyl (C=O) groups is 1. The van der Waals surface area contributed by atoms with Crippen LogP contribution in [0.15, 0.2) is 0 Å². The molecule has 0 N–H and O–H groups in total. The molecule has 0 bridgehead atoms. The predicted octanol–water partition coefficient (Wildman–Crippen LogP) is 3.31. The van der Waals surface area contributed by atoms with Crippen molar-refractivity contribution in [3.63, 3.8) is 0 Å². The molecule has 0 aliphatic rings. The lowest BCUT2D eigenvalue weighted by atomic mass is 10.1. The van der Waals surface area contributed by atoms with E-state index in [-0.39, 0.29) is 5.97 Å². The topological polar surface area (TPSA) is 26.3 Å². The third kappa shape index (κ3) is 10.9. The molecule has 0 rings (SSSR count). The summed E-state index contributed by atoms with van der Waals surface area (Å²) in [7, 11) is 0. The Hall–Kier alpha value is -1.41. The van der Waals surface area contributed by atoms with Gasteiger partial charge in [0.25, 0.3) is 0 Å². The van der Waals surface area contributed by atoms with E-state index in [1.165, 1.54) is 12.8 Å². The number of ether oxygens (including phenoxy) is 1. The number of hydrogen-bond donors (Lipinski definition) is 0. The second-order valence-corrected chi connectivity index (χ2v) is 4.12. The Balaban J connectivity index is 3.26. The Bertz CT molecular complexity index is 280. The lowest BCUT2D eigenvalue weighted by Gasteiger charge is -2.06. The van der Waals surface area contributed by atoms with Crippen LogP contribution in [0.2, 0.25) is 0 Å². The highest BCUT2D eigenvalue weighted by molar-refractivity contribution is 5.69. The summed E-state index contributed by atoms with van der Waals surface area (Å²) in [6.07, 6.45) is 17.8. The summed E-state index contributed by atoms with van der Waals surface area (Å²) in [6.45, 7) is 1.70. The second kappa shape index (κ2) is 11.1. The normalized spacial score (nSPS) is 11.2. The molecule has 0 radical (unpaired) electrons. The molecule has 1 unspecified atom stereocenters. The molecule has 2 heteroatoms. The van der Waals surface area contributed by atoms with Crippen LogP contribution in [-0.4, -0.2) is 12.1 Å². The van der Waals surface area contributed by atoms with Gasteiger partial charge in [-0.1, -0.05) is 31.6 Å². The van der Waals surface area contributed by atoms with Crippen molar-refractivity contribution in [3.8, 4) is 24.7 Å². The van der Waals surface area contributed by atoms with E-state index in [4.69, 9.17) is 17.6 Å². The third-order valence-corrected chi connectivity index (χ3v) is 2.49. The predicted molar refractivity (Wildman–Crippen MR) is 70.2 cm³/mol. The molecular formula is C15H22O2. The molecule has 0 saturated carbocycles. The first kappa shape index (κ1) is 15.6. The average Bonchev–Trinajstić information content (AvgIpc) is 2.32. The molecule has 0 saturated heterocycles. The smallest absolute Gasteiger partial charge is 0.307 e. The van der Waals surface area contributed by atoms with Crippen LogP contribution < -0.4 is 0 Å². The highest BCUT2D eigenvalue weighted by Crippen LogP contribution is 2.09. The molecule has 0 aliphatic carbocycles. The van der Waals surface area contributed by atoms with Crippen LogP contribution in [0.1, 0.15) is 58.3 Å². The highest BCUT2D eigenvalue weighted by Gasteiger charge is 2.05. The molecule has 0 fully saturated rings. The lowest BCUT2D eigenvalue weighted by molar-refractivity contribution is -0.145. The van der Waals surface area contributed by atoms with E-state index in [1.807, 2.05) is 0 Å². The van der Waals surface area contributed by atoms with Crippen LogP contribution in [0.5, 0.6) is 0 Å². The van der Waals surface area contributed by atoms with Crippen molar-refractivity contribution in [2.45, 2.75) is 64.4 Å². The van der Waals surface area contributed by atoms with Crippen LogP contribution in [0.25, 0.3) is 0 Å². The maximum Gasteiger partial charge on any atom is 0.307 e. The van der Waals surface area contributed by atoms with Crippen molar-refractivity contribution in [1.29, 1.82) is 0 Å². The summed E-state index contributed by atoms with van der Waals surface area (Å²) in [4.78, 5) is 11.2. The minimum absolute atomic E-state index is 0.192. The van der Waals surface area contributed by atoms with E-state index in [2.05, 4.69) is 11.8 Å². The van der Waals surface area contributed by atoms with Crippen LogP contribution in [0.4, 0.5) is 0 Å². The van der Waals surface area contributed by atoms with E-state index < -0.39 is 6.10 Å². The molecule has 0 aromatic carbocycles. The Morgan fingerprint density at radius 2 is 1.71 bits per heavy atom. The van der Waals surface area contributed by atoms with Crippen LogP contribution in [-0.2, 0) is 9.53 Å². The fraction of sp³-hybridized carbons (Fsp3) is 0.667. The minimum Gasteiger partial charge on any atom is -0.449 e. The average molecular weight is 234 g/mol. The van der Waals surface area contributed by atoms with Gasteiger partial charge in [0.15, 0.2) is 6.10 Å². The zero-order valence-corrected chi connectivity index (χ0v) is 10.7. The summed E-state index contributed by atoms with van der Waals surface area (Å²) in [5, 5.41) is 0. The molecule has 0 amide bonds. The summed E-state index contributed by atoms with van der Waals surface area (Å²) in [5.74, 6) is 4.81. The quantitative estimate of drug-likeness (QED) is 0.347. The molecule has 2 nitrogen and oxygen atoms in total. The van der Waals surface area contributed by atoms with Gasteiger partial charge in [0.2, 0.25) is 0 Å². The van der Waals surface area contributed by atoms with Crippen molar-refractivity contribution in [3.05, 3.63) is 0 Å². The van der Waals surface area contributed by atoms with Gasteiger partial charge in [-0.3, -0.25) is 4.79 Å². The van der Waals surface area contributed by atoms with Crippen LogP contribution >= 0.6 is 0 Å². The van der Waals surface area contributed by atoms with Gasteiger partial charge in [0.05, 0.1) is 0 Å². The number of rotatable bonds is 9. The van der Waals surface area contributed by atoms with Crippen LogP contribution in [0.3, 0.4) is 0 Å². The Morgan fingerprint density at radius 1 is 1.12 bits per heavy atom. The van der Waals surface area contributed by atoms with Gasteiger partial charge in [0.1, 0.15) is 0 Å². The van der Waals surface area contributed by atoms with E-state index in [1.54, 1.807) is 6.92 Å². The fourth-order valence-corrected chi connectivity index (χ4v) is 1.49. The first-order chi connectivity index (χ1) is 8.20. The zero-order chi connectivity index (χ0) is 12.9. The molecule has 0 aromatic heterocycles. The van der Waals surface area contributed by atoms with Crippen molar-refractivity contribution in [2.75, 3.05) is 0 Å². The van der Waals surface area contributed by atoms with Crippen molar-refractivity contribution in [1.82, 2.24) is 0 Å². The summed E-state index contributed by atoms with van der Waals surface area (Å²) in [6, 6.07) is 0. The fourth-order valence-electron chi connectivity index (χ4n) is 1.49. The van der Waals surface area contributed by atoms with Gasteiger partial charge in [-0.15, -0.1) is 18.8 Å². The van der Waals surface area contributed by atoms with Gasteiger partial charge in [0, 0.05) is 12.8 Å². The summed E-state index contributed by atoms with van der Waals surface area (Å²) in [5.41, 5.74) is 0. The van der Waals surface area contributed by atoms with Crippen molar-refractivity contribution in [2.24, 2.45) is 0 Å². The first-order valence-electron chi connectivity index (χ1n) is 6.29. The Labute approximate surface area is 105 Å². The molecule has 0 aliphatic heterocycles. The largest absolute Gasteiger partial charge is 0.449 e. The molecule has 17 heavy (non-hydrogen) atoms. The number of hydrogen-bond acceptors (Lipinski definition) is 2. The lowest BCUT2D eigenvalue weighted by Crippen LogP contribution is -2.12. The van der Waals surface area contributed by atoms with Gasteiger partial charge < -0.3 is 4.74 Å². The summed E-state index contributed by atoms with van der Waals surface area (Å²) < 4.78 is 4.96. The number of terminal acetylenes is 2. The number of esters is 1.